The monoisotopic (exact) mass is 389 g/mol. The van der Waals surface area contributed by atoms with Crippen molar-refractivity contribution in [2.75, 3.05) is 18.6 Å². The summed E-state index contributed by atoms with van der Waals surface area (Å²) in [6.07, 6.45) is 6.69. The highest BCUT2D eigenvalue weighted by molar-refractivity contribution is 7.13. The van der Waals surface area contributed by atoms with Crippen molar-refractivity contribution in [2.24, 2.45) is 5.10 Å². The van der Waals surface area contributed by atoms with E-state index in [0.717, 1.165) is 24.3 Å². The maximum atomic E-state index is 11.4. The van der Waals surface area contributed by atoms with Crippen LogP contribution in [0, 0.1) is 0 Å². The quantitative estimate of drug-likeness (QED) is 0.247. The summed E-state index contributed by atoms with van der Waals surface area (Å²) in [5, 5.41) is 6.64. The van der Waals surface area contributed by atoms with Crippen LogP contribution in [0.3, 0.4) is 0 Å². The second-order valence-electron chi connectivity index (χ2n) is 5.97. The van der Waals surface area contributed by atoms with Crippen LogP contribution in [0.25, 0.3) is 0 Å². The number of thiazole rings is 1. The topological polar surface area (TPSA) is 72.8 Å². The molecule has 0 spiro atoms. The zero-order valence-corrected chi connectivity index (χ0v) is 16.8. The number of carbonyl (C=O) groups is 1. The third-order valence-electron chi connectivity index (χ3n) is 3.70. The van der Waals surface area contributed by atoms with Gasteiger partial charge in [0, 0.05) is 5.38 Å². The van der Waals surface area contributed by atoms with Crippen LogP contribution in [0.1, 0.15) is 50.8 Å². The maximum Gasteiger partial charge on any atom is 0.311 e. The summed E-state index contributed by atoms with van der Waals surface area (Å²) < 4.78 is 10.6. The van der Waals surface area contributed by atoms with Crippen LogP contribution in [-0.4, -0.2) is 30.4 Å². The number of nitrogens with zero attached hydrogens (tertiary/aromatic N) is 2. The predicted octanol–water partition coefficient (Wildman–Crippen LogP) is 4.65. The molecule has 0 aliphatic rings. The fraction of sp³-hybridized carbons (Fsp3) is 0.450. The van der Waals surface area contributed by atoms with Crippen LogP contribution in [0.15, 0.2) is 34.7 Å². The van der Waals surface area contributed by atoms with Crippen molar-refractivity contribution >= 4 is 28.7 Å². The van der Waals surface area contributed by atoms with E-state index in [9.17, 15) is 4.79 Å². The van der Waals surface area contributed by atoms with E-state index in [2.05, 4.69) is 22.4 Å². The summed E-state index contributed by atoms with van der Waals surface area (Å²) in [7, 11) is 0. The average Bonchev–Trinajstić information content (AvgIpc) is 3.10. The highest BCUT2D eigenvalue weighted by Crippen LogP contribution is 2.16. The lowest BCUT2D eigenvalue weighted by Crippen LogP contribution is -2.07. The molecule has 0 aliphatic carbocycles. The molecule has 0 fully saturated rings. The van der Waals surface area contributed by atoms with Gasteiger partial charge in [0.25, 0.3) is 0 Å². The van der Waals surface area contributed by atoms with Gasteiger partial charge in [-0.1, -0.05) is 26.2 Å². The van der Waals surface area contributed by atoms with Gasteiger partial charge in [0.05, 0.1) is 31.5 Å². The molecule has 1 N–H and O–H groups in total. The Kier molecular flexibility index (Phi) is 9.34. The third-order valence-corrected chi connectivity index (χ3v) is 4.50. The van der Waals surface area contributed by atoms with Gasteiger partial charge in [-0.15, -0.1) is 11.3 Å². The van der Waals surface area contributed by atoms with E-state index in [0.29, 0.717) is 17.4 Å². The summed E-state index contributed by atoms with van der Waals surface area (Å²) in [4.78, 5) is 15.7. The largest absolute Gasteiger partial charge is 0.494 e. The Hall–Kier alpha value is -2.41. The van der Waals surface area contributed by atoms with Gasteiger partial charge in [0.2, 0.25) is 5.13 Å². The SMILES string of the molecule is CCCCCCOc1ccc(C=NNc2nc(CC(=O)OCC)cs2)cc1. The van der Waals surface area contributed by atoms with Gasteiger partial charge in [0.15, 0.2) is 0 Å². The van der Waals surface area contributed by atoms with Crippen LogP contribution in [0.5, 0.6) is 5.75 Å². The van der Waals surface area contributed by atoms with E-state index < -0.39 is 0 Å². The predicted molar refractivity (Wildman–Crippen MR) is 110 cm³/mol. The molecule has 146 valence electrons. The Morgan fingerprint density at radius 3 is 2.78 bits per heavy atom. The van der Waals surface area contributed by atoms with Gasteiger partial charge in [0.1, 0.15) is 5.75 Å². The van der Waals surface area contributed by atoms with E-state index in [1.807, 2.05) is 29.6 Å². The number of hydrogen-bond acceptors (Lipinski definition) is 7. The van der Waals surface area contributed by atoms with Crippen molar-refractivity contribution in [3.05, 3.63) is 40.9 Å². The first-order valence-corrected chi connectivity index (χ1v) is 10.2. The molecule has 2 rings (SSSR count). The molecule has 0 amide bonds. The molecular formula is C20H27N3O3S. The lowest BCUT2D eigenvalue weighted by molar-refractivity contribution is -0.142. The van der Waals surface area contributed by atoms with Gasteiger partial charge in [-0.2, -0.15) is 5.10 Å². The lowest BCUT2D eigenvalue weighted by Gasteiger charge is -2.05. The minimum atomic E-state index is -0.273. The molecule has 27 heavy (non-hydrogen) atoms. The average molecular weight is 390 g/mol. The molecule has 0 saturated heterocycles. The number of hydrazone groups is 1. The first-order chi connectivity index (χ1) is 13.2. The minimum Gasteiger partial charge on any atom is -0.494 e. The highest BCUT2D eigenvalue weighted by atomic mass is 32.1. The number of aromatic nitrogens is 1. The Balaban J connectivity index is 1.74. The second kappa shape index (κ2) is 12.1. The first kappa shape index (κ1) is 20.9. The zero-order valence-electron chi connectivity index (χ0n) is 15.9. The number of ether oxygens (including phenoxy) is 2. The molecule has 0 radical (unpaired) electrons. The summed E-state index contributed by atoms with van der Waals surface area (Å²) >= 11 is 1.40. The van der Waals surface area contributed by atoms with Crippen LogP contribution in [0.4, 0.5) is 5.13 Å². The van der Waals surface area contributed by atoms with Crippen LogP contribution < -0.4 is 10.2 Å². The van der Waals surface area contributed by atoms with Gasteiger partial charge in [-0.3, -0.25) is 10.2 Å². The molecule has 0 bridgehead atoms. The van der Waals surface area contributed by atoms with E-state index >= 15 is 0 Å². The molecule has 1 aromatic heterocycles. The van der Waals surface area contributed by atoms with Crippen LogP contribution in [-0.2, 0) is 16.0 Å². The first-order valence-electron chi connectivity index (χ1n) is 9.33. The zero-order chi connectivity index (χ0) is 19.3. The van der Waals surface area contributed by atoms with Crippen molar-refractivity contribution < 1.29 is 14.3 Å². The molecule has 1 aromatic carbocycles. The number of hydrogen-bond donors (Lipinski definition) is 1. The summed E-state index contributed by atoms with van der Waals surface area (Å²) in [6, 6.07) is 7.81. The fourth-order valence-electron chi connectivity index (χ4n) is 2.33. The van der Waals surface area contributed by atoms with Gasteiger partial charge in [-0.25, -0.2) is 4.98 Å². The number of rotatable bonds is 12. The van der Waals surface area contributed by atoms with Crippen molar-refractivity contribution in [3.8, 4) is 5.75 Å². The van der Waals surface area contributed by atoms with E-state index in [4.69, 9.17) is 9.47 Å². The summed E-state index contributed by atoms with van der Waals surface area (Å²) in [6.45, 7) is 5.12. The molecular weight excluding hydrogens is 362 g/mol. The van der Waals surface area contributed by atoms with Crippen molar-refractivity contribution in [1.82, 2.24) is 4.98 Å². The minimum absolute atomic E-state index is 0.176. The van der Waals surface area contributed by atoms with Crippen molar-refractivity contribution in [1.29, 1.82) is 0 Å². The smallest absolute Gasteiger partial charge is 0.311 e. The third kappa shape index (κ3) is 8.21. The molecule has 0 unspecified atom stereocenters. The van der Waals surface area contributed by atoms with E-state index in [1.54, 1.807) is 13.1 Å². The second-order valence-corrected chi connectivity index (χ2v) is 6.83. The molecule has 0 atom stereocenters. The summed E-state index contributed by atoms with van der Waals surface area (Å²) in [5.74, 6) is 0.602. The molecule has 0 saturated carbocycles. The van der Waals surface area contributed by atoms with Crippen LogP contribution in [0.2, 0.25) is 0 Å². The van der Waals surface area contributed by atoms with Crippen molar-refractivity contribution in [2.45, 2.75) is 46.0 Å². The lowest BCUT2D eigenvalue weighted by atomic mass is 10.2. The standard InChI is InChI=1S/C20H27N3O3S/c1-3-5-6-7-12-26-18-10-8-16(9-11-18)14-21-23-20-22-17(15-27-20)13-19(24)25-4-2/h8-11,14-15H,3-7,12-13H2,1-2H3,(H,22,23). The molecule has 1 heterocycles. The number of unbranched alkanes of at least 4 members (excludes halogenated alkanes) is 3. The maximum absolute atomic E-state index is 11.4. The van der Waals surface area contributed by atoms with Gasteiger partial charge < -0.3 is 9.47 Å². The fourth-order valence-corrected chi connectivity index (χ4v) is 2.99. The highest BCUT2D eigenvalue weighted by Gasteiger charge is 2.07. The van der Waals surface area contributed by atoms with Crippen LogP contribution >= 0.6 is 11.3 Å². The summed E-state index contributed by atoms with van der Waals surface area (Å²) in [5.41, 5.74) is 4.52. The van der Waals surface area contributed by atoms with Gasteiger partial charge >= 0.3 is 5.97 Å². The Labute approximate surface area is 164 Å². The molecule has 7 heteroatoms. The number of benzene rings is 1. The number of carbonyl (C=O) groups excluding carboxylic acids is 1. The van der Waals surface area contributed by atoms with Gasteiger partial charge in [-0.05, 0) is 43.2 Å². The normalized spacial score (nSPS) is 10.9. The molecule has 6 nitrogen and oxygen atoms in total. The molecule has 0 aliphatic heterocycles. The number of esters is 1. The van der Waals surface area contributed by atoms with E-state index in [-0.39, 0.29) is 12.4 Å². The Bertz CT molecular complexity index is 714. The van der Waals surface area contributed by atoms with Crippen molar-refractivity contribution in [3.63, 3.8) is 0 Å². The Morgan fingerprint density at radius 2 is 2.04 bits per heavy atom. The van der Waals surface area contributed by atoms with E-state index in [1.165, 1.54) is 30.6 Å². The number of anilines is 1. The number of nitrogens with one attached hydrogen (secondary N) is 1. The Morgan fingerprint density at radius 1 is 1.22 bits per heavy atom. The molecule has 2 aromatic rings.